The Hall–Kier alpha value is -1.05. The van der Waals surface area contributed by atoms with E-state index in [-0.39, 0.29) is 24.5 Å². The zero-order valence-corrected chi connectivity index (χ0v) is 9.10. The molecule has 0 aliphatic rings. The van der Waals surface area contributed by atoms with Crippen LogP contribution in [0.25, 0.3) is 0 Å². The van der Waals surface area contributed by atoms with Gasteiger partial charge in [0.15, 0.2) is 11.6 Å². The fraction of sp³-hybridized carbons (Fsp3) is 0.333. The van der Waals surface area contributed by atoms with Crippen molar-refractivity contribution in [2.45, 2.75) is 11.3 Å². The van der Waals surface area contributed by atoms with Crippen molar-refractivity contribution in [3.8, 4) is 0 Å². The van der Waals surface area contributed by atoms with E-state index >= 15 is 0 Å². The van der Waals surface area contributed by atoms with Crippen molar-refractivity contribution in [3.05, 3.63) is 29.8 Å². The molecule has 90 valence electrons. The van der Waals surface area contributed by atoms with Gasteiger partial charge in [-0.2, -0.15) is 0 Å². The lowest BCUT2D eigenvalue weighted by Gasteiger charge is -2.05. The van der Waals surface area contributed by atoms with Gasteiger partial charge in [-0.25, -0.2) is 21.9 Å². The van der Waals surface area contributed by atoms with E-state index in [1.807, 2.05) is 0 Å². The van der Waals surface area contributed by atoms with Gasteiger partial charge < -0.3 is 5.11 Å². The molecule has 1 aromatic carbocycles. The largest absolute Gasteiger partial charge is 0.396 e. The molecule has 1 rings (SSSR count). The van der Waals surface area contributed by atoms with Gasteiger partial charge in [-0.15, -0.1) is 0 Å². The quantitative estimate of drug-likeness (QED) is 0.754. The fourth-order valence-corrected chi connectivity index (χ4v) is 2.10. The molecule has 0 atom stereocenters. The SMILES string of the molecule is O=S(=O)(NCCCO)c1ccc(F)c(F)c1. The van der Waals surface area contributed by atoms with Gasteiger partial charge in [0.25, 0.3) is 0 Å². The van der Waals surface area contributed by atoms with E-state index in [9.17, 15) is 17.2 Å². The minimum atomic E-state index is -3.84. The highest BCUT2D eigenvalue weighted by Crippen LogP contribution is 2.13. The van der Waals surface area contributed by atoms with Crippen molar-refractivity contribution in [3.63, 3.8) is 0 Å². The molecule has 0 unspecified atom stereocenters. The number of rotatable bonds is 5. The molecule has 1 aromatic rings. The highest BCUT2D eigenvalue weighted by molar-refractivity contribution is 7.89. The number of nitrogens with one attached hydrogen (secondary N) is 1. The van der Waals surface area contributed by atoms with Gasteiger partial charge in [-0.05, 0) is 24.6 Å². The number of aliphatic hydroxyl groups excluding tert-OH is 1. The molecule has 0 aromatic heterocycles. The first-order chi connectivity index (χ1) is 7.47. The smallest absolute Gasteiger partial charge is 0.240 e. The summed E-state index contributed by atoms with van der Waals surface area (Å²) >= 11 is 0. The van der Waals surface area contributed by atoms with Crippen LogP contribution in [0.2, 0.25) is 0 Å². The van der Waals surface area contributed by atoms with Crippen LogP contribution in [0.5, 0.6) is 0 Å². The molecule has 0 aliphatic heterocycles. The second-order valence-corrected chi connectivity index (χ2v) is 4.82. The Bertz CT molecular complexity index is 462. The number of halogens is 2. The standard InChI is InChI=1S/C9H11F2NO3S/c10-8-3-2-7(6-9(8)11)16(14,15)12-4-1-5-13/h2-3,6,12-13H,1,4-5H2. The Morgan fingerprint density at radius 1 is 1.25 bits per heavy atom. The molecular weight excluding hydrogens is 240 g/mol. The van der Waals surface area contributed by atoms with E-state index in [0.29, 0.717) is 6.07 Å². The lowest BCUT2D eigenvalue weighted by molar-refractivity contribution is 0.289. The molecule has 4 nitrogen and oxygen atoms in total. The zero-order valence-electron chi connectivity index (χ0n) is 8.28. The number of aliphatic hydroxyl groups is 1. The third kappa shape index (κ3) is 3.22. The number of benzene rings is 1. The van der Waals surface area contributed by atoms with Crippen LogP contribution in [-0.2, 0) is 10.0 Å². The van der Waals surface area contributed by atoms with Gasteiger partial charge in [0.05, 0.1) is 4.90 Å². The molecule has 0 saturated carbocycles. The minimum absolute atomic E-state index is 0.0395. The maximum Gasteiger partial charge on any atom is 0.240 e. The molecule has 7 heteroatoms. The lowest BCUT2D eigenvalue weighted by Crippen LogP contribution is -2.25. The highest BCUT2D eigenvalue weighted by atomic mass is 32.2. The Labute approximate surface area is 92.0 Å². The molecule has 0 aliphatic carbocycles. The molecule has 0 bridgehead atoms. The van der Waals surface area contributed by atoms with E-state index in [4.69, 9.17) is 5.11 Å². The number of hydrogen-bond acceptors (Lipinski definition) is 3. The van der Waals surface area contributed by atoms with Gasteiger partial charge in [0.2, 0.25) is 10.0 Å². The van der Waals surface area contributed by atoms with Crippen molar-refractivity contribution < 1.29 is 22.3 Å². The van der Waals surface area contributed by atoms with Crippen LogP contribution in [0.1, 0.15) is 6.42 Å². The summed E-state index contributed by atoms with van der Waals surface area (Å²) in [4.78, 5) is -0.343. The lowest BCUT2D eigenvalue weighted by atomic mass is 10.3. The molecule has 0 spiro atoms. The van der Waals surface area contributed by atoms with Gasteiger partial charge in [0, 0.05) is 13.2 Å². The molecule has 2 N–H and O–H groups in total. The summed E-state index contributed by atoms with van der Waals surface area (Å²) in [6.07, 6.45) is 0.253. The normalized spacial score (nSPS) is 11.7. The summed E-state index contributed by atoms with van der Waals surface area (Å²) in [5.41, 5.74) is 0. The first-order valence-electron chi connectivity index (χ1n) is 4.53. The van der Waals surface area contributed by atoms with Crippen LogP contribution in [0.4, 0.5) is 8.78 Å². The summed E-state index contributed by atoms with van der Waals surface area (Å²) in [6, 6.07) is 2.33. The third-order valence-corrected chi connectivity index (χ3v) is 3.29. The van der Waals surface area contributed by atoms with E-state index in [2.05, 4.69) is 4.72 Å². The summed E-state index contributed by atoms with van der Waals surface area (Å²) in [6.45, 7) is -0.113. The van der Waals surface area contributed by atoms with Crippen LogP contribution in [0.3, 0.4) is 0 Å². The van der Waals surface area contributed by atoms with Crippen LogP contribution >= 0.6 is 0 Å². The average Bonchev–Trinajstić information content (AvgIpc) is 2.22. The van der Waals surface area contributed by atoms with Crippen molar-refractivity contribution >= 4 is 10.0 Å². The molecule has 0 radical (unpaired) electrons. The summed E-state index contributed by atoms with van der Waals surface area (Å²) in [5, 5.41) is 8.47. The molecule has 0 saturated heterocycles. The second kappa shape index (κ2) is 5.33. The molecule has 16 heavy (non-hydrogen) atoms. The van der Waals surface area contributed by atoms with Crippen LogP contribution in [-0.4, -0.2) is 26.7 Å². The van der Waals surface area contributed by atoms with Crippen LogP contribution in [0, 0.1) is 11.6 Å². The van der Waals surface area contributed by atoms with E-state index < -0.39 is 21.7 Å². The van der Waals surface area contributed by atoms with Gasteiger partial charge in [-0.1, -0.05) is 0 Å². The molecule has 0 amide bonds. The third-order valence-electron chi connectivity index (χ3n) is 1.83. The first-order valence-corrected chi connectivity index (χ1v) is 6.01. The van der Waals surface area contributed by atoms with Crippen molar-refractivity contribution in [2.24, 2.45) is 0 Å². The number of sulfonamides is 1. The average molecular weight is 251 g/mol. The summed E-state index contributed by atoms with van der Waals surface area (Å²) in [5.74, 6) is -2.32. The Morgan fingerprint density at radius 2 is 1.94 bits per heavy atom. The predicted molar refractivity (Wildman–Crippen MR) is 53.2 cm³/mol. The van der Waals surface area contributed by atoms with Crippen molar-refractivity contribution in [1.29, 1.82) is 0 Å². The highest BCUT2D eigenvalue weighted by Gasteiger charge is 2.15. The summed E-state index contributed by atoms with van der Waals surface area (Å²) < 4.78 is 50.5. The van der Waals surface area contributed by atoms with Gasteiger partial charge in [0.1, 0.15) is 0 Å². The fourth-order valence-electron chi connectivity index (χ4n) is 1.01. The summed E-state index contributed by atoms with van der Waals surface area (Å²) in [7, 11) is -3.84. The van der Waals surface area contributed by atoms with Crippen molar-refractivity contribution in [1.82, 2.24) is 4.72 Å². The Morgan fingerprint density at radius 3 is 2.50 bits per heavy atom. The monoisotopic (exact) mass is 251 g/mol. The molecule has 0 fully saturated rings. The Kier molecular flexibility index (Phi) is 4.34. The first kappa shape index (κ1) is 13.0. The molecular formula is C9H11F2NO3S. The molecule has 0 heterocycles. The van der Waals surface area contributed by atoms with Gasteiger partial charge in [-0.3, -0.25) is 0 Å². The van der Waals surface area contributed by atoms with Crippen molar-refractivity contribution in [2.75, 3.05) is 13.2 Å². The maximum atomic E-state index is 12.8. The predicted octanol–water partition coefficient (Wildman–Crippen LogP) is 0.625. The van der Waals surface area contributed by atoms with Crippen LogP contribution in [0.15, 0.2) is 23.1 Å². The van der Waals surface area contributed by atoms with E-state index in [1.54, 1.807) is 0 Å². The van der Waals surface area contributed by atoms with Crippen LogP contribution < -0.4 is 4.72 Å². The zero-order chi connectivity index (χ0) is 12.2. The maximum absolute atomic E-state index is 12.8. The minimum Gasteiger partial charge on any atom is -0.396 e. The Balaban J connectivity index is 2.86. The van der Waals surface area contributed by atoms with E-state index in [1.165, 1.54) is 0 Å². The van der Waals surface area contributed by atoms with E-state index in [0.717, 1.165) is 12.1 Å². The second-order valence-electron chi connectivity index (χ2n) is 3.05. The number of hydrogen-bond donors (Lipinski definition) is 2. The topological polar surface area (TPSA) is 66.4 Å². The van der Waals surface area contributed by atoms with Gasteiger partial charge >= 0.3 is 0 Å².